The summed E-state index contributed by atoms with van der Waals surface area (Å²) in [6, 6.07) is 14.1. The van der Waals surface area contributed by atoms with E-state index in [4.69, 9.17) is 0 Å². The lowest BCUT2D eigenvalue weighted by molar-refractivity contribution is -0.113. The van der Waals surface area contributed by atoms with Crippen LogP contribution in [0.15, 0.2) is 57.8 Å². The highest BCUT2D eigenvalue weighted by molar-refractivity contribution is 8.16. The van der Waals surface area contributed by atoms with E-state index < -0.39 is 10.0 Å². The fourth-order valence-electron chi connectivity index (χ4n) is 2.15. The van der Waals surface area contributed by atoms with Gasteiger partial charge in [0.1, 0.15) is 5.04 Å². The van der Waals surface area contributed by atoms with E-state index in [1.807, 2.05) is 31.2 Å². The highest BCUT2D eigenvalue weighted by Crippen LogP contribution is 2.30. The minimum absolute atomic E-state index is 0.0938. The number of sulfonamides is 1. The molecule has 2 aromatic rings. The van der Waals surface area contributed by atoms with Crippen LogP contribution in [0.1, 0.15) is 11.1 Å². The maximum Gasteiger partial charge on any atom is 0.284 e. The van der Waals surface area contributed by atoms with E-state index in [9.17, 15) is 13.2 Å². The van der Waals surface area contributed by atoms with Crippen molar-refractivity contribution in [2.45, 2.75) is 11.8 Å². The summed E-state index contributed by atoms with van der Waals surface area (Å²) in [5.41, 5.74) is 2.38. The molecule has 1 aliphatic heterocycles. The largest absolute Gasteiger partial charge is 0.325 e. The first kappa shape index (κ1) is 15.8. The molecule has 5 nitrogen and oxygen atoms in total. The molecule has 2 aromatic carbocycles. The van der Waals surface area contributed by atoms with E-state index in [2.05, 4.69) is 9.71 Å². The number of fused-ring (bicyclic) bond motifs is 1. The van der Waals surface area contributed by atoms with Crippen molar-refractivity contribution in [3.8, 4) is 0 Å². The molecule has 7 heteroatoms. The lowest BCUT2D eigenvalue weighted by Crippen LogP contribution is -2.15. The zero-order valence-electron chi connectivity index (χ0n) is 12.3. The quantitative estimate of drug-likeness (QED) is 0.927. The average Bonchev–Trinajstić information content (AvgIpc) is 2.79. The van der Waals surface area contributed by atoms with E-state index in [0.29, 0.717) is 16.3 Å². The number of nitrogens with zero attached hydrogens (tertiary/aromatic N) is 1. The summed E-state index contributed by atoms with van der Waals surface area (Å²) in [6.45, 7) is 1.97. The van der Waals surface area contributed by atoms with Gasteiger partial charge in [0, 0.05) is 11.3 Å². The number of benzene rings is 2. The maximum absolute atomic E-state index is 12.0. The number of carbonyl (C=O) groups is 1. The third kappa shape index (κ3) is 3.46. The van der Waals surface area contributed by atoms with E-state index >= 15 is 0 Å². The van der Waals surface area contributed by atoms with Crippen LogP contribution < -0.4 is 5.32 Å². The summed E-state index contributed by atoms with van der Waals surface area (Å²) in [4.78, 5) is 12.2. The monoisotopic (exact) mass is 346 g/mol. The molecule has 0 aliphatic carbocycles. The number of rotatable bonds is 3. The minimum atomic E-state index is -3.63. The molecule has 0 saturated carbocycles. The van der Waals surface area contributed by atoms with Gasteiger partial charge in [-0.25, -0.2) is 0 Å². The smallest absolute Gasteiger partial charge is 0.284 e. The second kappa shape index (κ2) is 6.17. The van der Waals surface area contributed by atoms with E-state index in [1.165, 1.54) is 6.07 Å². The van der Waals surface area contributed by atoms with Gasteiger partial charge in [-0.2, -0.15) is 12.8 Å². The van der Waals surface area contributed by atoms with Crippen LogP contribution in [0.4, 0.5) is 5.69 Å². The molecule has 1 N–H and O–H groups in total. The van der Waals surface area contributed by atoms with Gasteiger partial charge >= 0.3 is 0 Å². The van der Waals surface area contributed by atoms with Crippen LogP contribution in [-0.4, -0.2) is 25.1 Å². The lowest BCUT2D eigenvalue weighted by atomic mass is 10.2. The molecule has 118 valence electrons. The first-order chi connectivity index (χ1) is 11.0. The third-order valence-electron chi connectivity index (χ3n) is 3.27. The predicted molar refractivity (Wildman–Crippen MR) is 92.4 cm³/mol. The zero-order valence-corrected chi connectivity index (χ0v) is 13.9. The first-order valence-corrected chi connectivity index (χ1v) is 9.32. The molecule has 0 fully saturated rings. The number of carbonyl (C=O) groups excluding carboxylic acids is 1. The average molecular weight is 346 g/mol. The van der Waals surface area contributed by atoms with Gasteiger partial charge in [-0.3, -0.25) is 4.79 Å². The van der Waals surface area contributed by atoms with E-state index in [-0.39, 0.29) is 16.6 Å². The first-order valence-electron chi connectivity index (χ1n) is 6.89. The topological polar surface area (TPSA) is 75.6 Å². The Morgan fingerprint density at radius 2 is 1.83 bits per heavy atom. The lowest BCUT2D eigenvalue weighted by Gasteiger charge is -2.05. The van der Waals surface area contributed by atoms with Crippen molar-refractivity contribution in [1.82, 2.24) is 0 Å². The van der Waals surface area contributed by atoms with Crippen molar-refractivity contribution in [3.05, 3.63) is 59.7 Å². The Bertz CT molecular complexity index is 888. The number of amides is 1. The van der Waals surface area contributed by atoms with Crippen LogP contribution in [0.5, 0.6) is 0 Å². The van der Waals surface area contributed by atoms with Crippen molar-refractivity contribution in [2.24, 2.45) is 4.40 Å². The molecule has 1 heterocycles. The Labute approximate surface area is 138 Å². The van der Waals surface area contributed by atoms with Crippen LogP contribution in [-0.2, 0) is 14.8 Å². The van der Waals surface area contributed by atoms with Crippen molar-refractivity contribution in [3.63, 3.8) is 0 Å². The predicted octanol–water partition coefficient (Wildman–Crippen LogP) is 2.82. The van der Waals surface area contributed by atoms with Gasteiger partial charge in [0.05, 0.1) is 10.6 Å². The van der Waals surface area contributed by atoms with Crippen molar-refractivity contribution < 1.29 is 13.2 Å². The van der Waals surface area contributed by atoms with Crippen molar-refractivity contribution >= 4 is 38.4 Å². The molecular formula is C16H14N2O3S2. The summed E-state index contributed by atoms with van der Waals surface area (Å²) in [5.74, 6) is -0.111. The minimum Gasteiger partial charge on any atom is -0.325 e. The fourth-order valence-corrected chi connectivity index (χ4v) is 4.50. The Morgan fingerprint density at radius 3 is 2.57 bits per heavy atom. The van der Waals surface area contributed by atoms with Gasteiger partial charge in [-0.1, -0.05) is 47.7 Å². The van der Waals surface area contributed by atoms with Gasteiger partial charge in [-0.05, 0) is 25.1 Å². The molecule has 0 spiro atoms. The maximum atomic E-state index is 12.0. The third-order valence-corrected chi connectivity index (χ3v) is 5.72. The van der Waals surface area contributed by atoms with Crippen molar-refractivity contribution in [2.75, 3.05) is 11.1 Å². The van der Waals surface area contributed by atoms with Gasteiger partial charge in [0.25, 0.3) is 10.0 Å². The zero-order chi connectivity index (χ0) is 16.4. The molecule has 0 aromatic heterocycles. The van der Waals surface area contributed by atoms with Crippen LogP contribution in [0.25, 0.3) is 0 Å². The Hall–Kier alpha value is -2.12. The van der Waals surface area contributed by atoms with Crippen LogP contribution in [0, 0.1) is 6.92 Å². The molecule has 0 saturated heterocycles. The summed E-state index contributed by atoms with van der Waals surface area (Å²) < 4.78 is 27.6. The number of aryl methyl sites for hydroxylation is 1. The van der Waals surface area contributed by atoms with Crippen molar-refractivity contribution in [1.29, 1.82) is 0 Å². The normalized spacial score (nSPS) is 14.9. The summed E-state index contributed by atoms with van der Waals surface area (Å²) in [7, 11) is -3.63. The second-order valence-corrected chi connectivity index (χ2v) is 7.61. The Balaban J connectivity index is 1.67. The van der Waals surface area contributed by atoms with Gasteiger partial charge in [0.15, 0.2) is 0 Å². The molecule has 23 heavy (non-hydrogen) atoms. The highest BCUT2D eigenvalue weighted by Gasteiger charge is 2.28. The molecule has 0 bridgehead atoms. The second-order valence-electron chi connectivity index (χ2n) is 5.07. The summed E-state index contributed by atoms with van der Waals surface area (Å²) in [6.07, 6.45) is 0. The van der Waals surface area contributed by atoms with Crippen LogP contribution in [0.2, 0.25) is 0 Å². The number of nitrogens with one attached hydrogen (secondary N) is 1. The molecule has 1 amide bonds. The fraction of sp³-hybridized carbons (Fsp3) is 0.125. The van der Waals surface area contributed by atoms with Gasteiger partial charge < -0.3 is 5.32 Å². The molecule has 1 aliphatic rings. The molecule has 0 unspecified atom stereocenters. The molecule has 0 atom stereocenters. The van der Waals surface area contributed by atoms with E-state index in [1.54, 1.807) is 18.2 Å². The molecular weight excluding hydrogens is 332 g/mol. The van der Waals surface area contributed by atoms with E-state index in [0.717, 1.165) is 17.3 Å². The highest BCUT2D eigenvalue weighted by atomic mass is 32.2. The summed E-state index contributed by atoms with van der Waals surface area (Å²) >= 11 is 1.12. The number of hydrogen-bond acceptors (Lipinski definition) is 4. The van der Waals surface area contributed by atoms with Crippen LogP contribution in [0.3, 0.4) is 0 Å². The number of anilines is 1. The SMILES string of the molecule is Cc1ccc(NC(=O)CSC2=NS(=O)(=O)c3ccccc32)cc1. The molecule has 0 radical (unpaired) electrons. The standard InChI is InChI=1S/C16H14N2O3S2/c1-11-6-8-12(9-7-11)17-15(19)10-22-16-13-4-2-3-5-14(13)23(20,21)18-16/h2-9H,10H2,1H3,(H,17,19). The Morgan fingerprint density at radius 1 is 1.13 bits per heavy atom. The molecule has 3 rings (SSSR count). The van der Waals surface area contributed by atoms with Crippen LogP contribution >= 0.6 is 11.8 Å². The van der Waals surface area contributed by atoms with Gasteiger partial charge in [0.2, 0.25) is 5.91 Å². The number of thioether (sulfide) groups is 1. The number of hydrogen-bond donors (Lipinski definition) is 1. The Kier molecular flexibility index (Phi) is 4.23. The van der Waals surface area contributed by atoms with Gasteiger partial charge in [-0.15, -0.1) is 0 Å². The summed E-state index contributed by atoms with van der Waals surface area (Å²) in [5, 5.41) is 3.13.